The summed E-state index contributed by atoms with van der Waals surface area (Å²) in [5.74, 6) is -0.441. The van der Waals surface area contributed by atoms with Crippen molar-refractivity contribution in [3.63, 3.8) is 0 Å². The molecule has 0 bridgehead atoms. The van der Waals surface area contributed by atoms with E-state index in [-0.39, 0.29) is 11.2 Å². The SMILES string of the molecule is Cc1ccc(C)c(Cn2cc(C(=O)Nc3cc([N+](=O)[O-])ccc3C)ccc2=O)c1. The molecule has 3 rings (SSSR count). The minimum absolute atomic E-state index is 0.106. The zero-order chi connectivity index (χ0) is 21.1. The third-order valence-electron chi connectivity index (χ3n) is 4.77. The van der Waals surface area contributed by atoms with Gasteiger partial charge >= 0.3 is 0 Å². The molecule has 0 spiro atoms. The van der Waals surface area contributed by atoms with Gasteiger partial charge in [-0.2, -0.15) is 0 Å². The van der Waals surface area contributed by atoms with Gasteiger partial charge in [-0.1, -0.05) is 29.8 Å². The largest absolute Gasteiger partial charge is 0.321 e. The number of aromatic nitrogens is 1. The number of nitro groups is 1. The fourth-order valence-electron chi connectivity index (χ4n) is 3.00. The van der Waals surface area contributed by atoms with Gasteiger partial charge in [-0.25, -0.2) is 0 Å². The van der Waals surface area contributed by atoms with Gasteiger partial charge in [0.1, 0.15) is 0 Å². The molecule has 7 heteroatoms. The quantitative estimate of drug-likeness (QED) is 0.526. The third-order valence-corrected chi connectivity index (χ3v) is 4.77. The minimum Gasteiger partial charge on any atom is -0.321 e. The van der Waals surface area contributed by atoms with Gasteiger partial charge in [0, 0.05) is 24.4 Å². The molecule has 1 N–H and O–H groups in total. The van der Waals surface area contributed by atoms with Crippen LogP contribution >= 0.6 is 0 Å². The molecule has 0 aliphatic carbocycles. The van der Waals surface area contributed by atoms with Crippen LogP contribution in [0.3, 0.4) is 0 Å². The van der Waals surface area contributed by atoms with Crippen LogP contribution in [0.1, 0.15) is 32.6 Å². The molecule has 1 heterocycles. The Morgan fingerprint density at radius 2 is 1.76 bits per heavy atom. The zero-order valence-corrected chi connectivity index (χ0v) is 16.4. The molecule has 0 saturated carbocycles. The molecule has 0 aliphatic rings. The van der Waals surface area contributed by atoms with Crippen molar-refractivity contribution in [1.29, 1.82) is 0 Å². The number of pyridine rings is 1. The minimum atomic E-state index is -0.514. The molecule has 7 nitrogen and oxygen atoms in total. The van der Waals surface area contributed by atoms with E-state index in [9.17, 15) is 19.7 Å². The second kappa shape index (κ2) is 8.10. The van der Waals surface area contributed by atoms with Gasteiger partial charge in [-0.3, -0.25) is 19.7 Å². The molecule has 0 atom stereocenters. The van der Waals surface area contributed by atoms with Crippen molar-refractivity contribution >= 4 is 17.3 Å². The number of anilines is 1. The number of carbonyl (C=O) groups is 1. The Balaban J connectivity index is 1.88. The van der Waals surface area contributed by atoms with E-state index >= 15 is 0 Å². The Hall–Kier alpha value is -3.74. The average molecular weight is 391 g/mol. The Kier molecular flexibility index (Phi) is 5.59. The summed E-state index contributed by atoms with van der Waals surface area (Å²) in [5, 5.41) is 13.7. The van der Waals surface area contributed by atoms with Crippen LogP contribution in [-0.2, 0) is 6.54 Å². The summed E-state index contributed by atoms with van der Waals surface area (Å²) in [4.78, 5) is 35.4. The molecule has 0 radical (unpaired) electrons. The first-order chi connectivity index (χ1) is 13.7. The Morgan fingerprint density at radius 3 is 2.48 bits per heavy atom. The van der Waals surface area contributed by atoms with E-state index in [0.29, 0.717) is 23.4 Å². The molecule has 3 aromatic rings. The molecule has 1 amide bonds. The van der Waals surface area contributed by atoms with Gasteiger partial charge < -0.3 is 9.88 Å². The number of nitro benzene ring substituents is 1. The number of hydrogen-bond acceptors (Lipinski definition) is 4. The standard InChI is InChI=1S/C22H21N3O4/c1-14-4-5-15(2)18(10-14)13-24-12-17(7-9-21(24)26)22(27)23-20-11-19(25(28)29)8-6-16(20)3/h4-12H,13H2,1-3H3,(H,23,27). The van der Waals surface area contributed by atoms with Crippen molar-refractivity contribution in [2.75, 3.05) is 5.32 Å². The number of nitrogens with one attached hydrogen (secondary N) is 1. The number of hydrogen-bond donors (Lipinski definition) is 1. The summed E-state index contributed by atoms with van der Waals surface area (Å²) >= 11 is 0. The third kappa shape index (κ3) is 4.57. The lowest BCUT2D eigenvalue weighted by molar-refractivity contribution is -0.384. The van der Waals surface area contributed by atoms with Crippen molar-refractivity contribution in [1.82, 2.24) is 4.57 Å². The molecule has 0 unspecified atom stereocenters. The maximum absolute atomic E-state index is 12.7. The first kappa shape index (κ1) is 20.0. The molecule has 29 heavy (non-hydrogen) atoms. The highest BCUT2D eigenvalue weighted by Crippen LogP contribution is 2.22. The molecular formula is C22H21N3O4. The van der Waals surface area contributed by atoms with Gasteiger partial charge in [0.2, 0.25) is 0 Å². The van der Waals surface area contributed by atoms with Gasteiger partial charge in [-0.15, -0.1) is 0 Å². The number of aryl methyl sites for hydroxylation is 3. The number of non-ortho nitro benzene ring substituents is 1. The highest BCUT2D eigenvalue weighted by Gasteiger charge is 2.13. The highest BCUT2D eigenvalue weighted by molar-refractivity contribution is 6.04. The summed E-state index contributed by atoms with van der Waals surface area (Å²) in [6.45, 7) is 6.06. The van der Waals surface area contributed by atoms with Crippen LogP contribution in [-0.4, -0.2) is 15.4 Å². The average Bonchev–Trinajstić information content (AvgIpc) is 2.67. The van der Waals surface area contributed by atoms with Gasteiger partial charge in [-0.05, 0) is 43.5 Å². The number of amides is 1. The second-order valence-corrected chi connectivity index (χ2v) is 7.02. The first-order valence-electron chi connectivity index (χ1n) is 9.07. The molecule has 1 aromatic heterocycles. The lowest BCUT2D eigenvalue weighted by Crippen LogP contribution is -2.23. The van der Waals surface area contributed by atoms with Gasteiger partial charge in [0.15, 0.2) is 0 Å². The molecule has 0 fully saturated rings. The summed E-state index contributed by atoms with van der Waals surface area (Å²) in [6.07, 6.45) is 1.51. The summed E-state index contributed by atoms with van der Waals surface area (Å²) in [6, 6.07) is 13.1. The van der Waals surface area contributed by atoms with Crippen molar-refractivity contribution in [2.45, 2.75) is 27.3 Å². The maximum atomic E-state index is 12.7. The van der Waals surface area contributed by atoms with E-state index in [0.717, 1.165) is 16.7 Å². The molecule has 2 aromatic carbocycles. The normalized spacial score (nSPS) is 10.6. The summed E-state index contributed by atoms with van der Waals surface area (Å²) < 4.78 is 1.48. The predicted molar refractivity (Wildman–Crippen MR) is 112 cm³/mol. The smallest absolute Gasteiger partial charge is 0.271 e. The van der Waals surface area contributed by atoms with Crippen molar-refractivity contribution in [2.24, 2.45) is 0 Å². The number of carbonyl (C=O) groups excluding carboxylic acids is 1. The van der Waals surface area contributed by atoms with Crippen LogP contribution in [0, 0.1) is 30.9 Å². The van der Waals surface area contributed by atoms with Crippen LogP contribution < -0.4 is 10.9 Å². The van der Waals surface area contributed by atoms with Crippen molar-refractivity contribution < 1.29 is 9.72 Å². The summed E-state index contributed by atoms with van der Waals surface area (Å²) in [5.41, 5.74) is 4.18. The topological polar surface area (TPSA) is 94.2 Å². The van der Waals surface area contributed by atoms with Crippen LogP contribution in [0.25, 0.3) is 0 Å². The molecule has 148 valence electrons. The second-order valence-electron chi connectivity index (χ2n) is 7.02. The lowest BCUT2D eigenvalue weighted by Gasteiger charge is -2.12. The Labute approximate surface area is 167 Å². The van der Waals surface area contributed by atoms with E-state index < -0.39 is 10.8 Å². The van der Waals surface area contributed by atoms with E-state index in [1.54, 1.807) is 13.0 Å². The Morgan fingerprint density at radius 1 is 1.03 bits per heavy atom. The monoisotopic (exact) mass is 391 g/mol. The van der Waals surface area contributed by atoms with Crippen LogP contribution in [0.5, 0.6) is 0 Å². The first-order valence-corrected chi connectivity index (χ1v) is 9.07. The number of rotatable bonds is 5. The maximum Gasteiger partial charge on any atom is 0.271 e. The molecular weight excluding hydrogens is 370 g/mol. The lowest BCUT2D eigenvalue weighted by atomic mass is 10.1. The molecule has 0 saturated heterocycles. The highest BCUT2D eigenvalue weighted by atomic mass is 16.6. The van der Waals surface area contributed by atoms with E-state index in [1.807, 2.05) is 32.0 Å². The van der Waals surface area contributed by atoms with E-state index in [4.69, 9.17) is 0 Å². The van der Waals surface area contributed by atoms with E-state index in [1.165, 1.54) is 35.0 Å². The predicted octanol–water partition coefficient (Wildman–Crippen LogP) is 3.98. The Bertz CT molecular complexity index is 1160. The van der Waals surface area contributed by atoms with Crippen molar-refractivity contribution in [3.05, 3.63) is 103 Å². The molecule has 0 aliphatic heterocycles. The van der Waals surface area contributed by atoms with Crippen LogP contribution in [0.4, 0.5) is 11.4 Å². The fraction of sp³-hybridized carbons (Fsp3) is 0.182. The van der Waals surface area contributed by atoms with Crippen LogP contribution in [0.15, 0.2) is 59.5 Å². The van der Waals surface area contributed by atoms with Crippen LogP contribution in [0.2, 0.25) is 0 Å². The van der Waals surface area contributed by atoms with Crippen molar-refractivity contribution in [3.8, 4) is 0 Å². The number of nitrogens with zero attached hydrogens (tertiary/aromatic N) is 2. The summed E-state index contributed by atoms with van der Waals surface area (Å²) in [7, 11) is 0. The van der Waals surface area contributed by atoms with Gasteiger partial charge in [0.25, 0.3) is 17.2 Å². The van der Waals surface area contributed by atoms with E-state index in [2.05, 4.69) is 5.32 Å². The number of benzene rings is 2. The zero-order valence-electron chi connectivity index (χ0n) is 16.4. The fourth-order valence-corrected chi connectivity index (χ4v) is 3.00. The van der Waals surface area contributed by atoms with Gasteiger partial charge in [0.05, 0.1) is 22.7 Å².